The van der Waals surface area contributed by atoms with Crippen LogP contribution in [0.25, 0.3) is 0 Å². The van der Waals surface area contributed by atoms with Crippen molar-refractivity contribution in [2.24, 2.45) is 0 Å². The second-order valence-electron chi connectivity index (χ2n) is 15.4. The lowest BCUT2D eigenvalue weighted by Gasteiger charge is -2.38. The Morgan fingerprint density at radius 1 is 0.522 bits per heavy atom. The van der Waals surface area contributed by atoms with Crippen LogP contribution in [0.5, 0.6) is 23.0 Å². The van der Waals surface area contributed by atoms with E-state index in [0.717, 1.165) is 12.6 Å². The summed E-state index contributed by atoms with van der Waals surface area (Å²) < 4.78 is 120. The van der Waals surface area contributed by atoms with Crippen LogP contribution < -0.4 is 36.0 Å². The summed E-state index contributed by atoms with van der Waals surface area (Å²) in [5.74, 6) is -5.33. The van der Waals surface area contributed by atoms with E-state index in [0.29, 0.717) is 34.2 Å². The number of alkyl halides is 6. The van der Waals surface area contributed by atoms with E-state index in [4.69, 9.17) is 9.47 Å². The van der Waals surface area contributed by atoms with Gasteiger partial charge in [0.05, 0.1) is 27.6 Å². The van der Waals surface area contributed by atoms with Crippen LogP contribution in [-0.4, -0.2) is 53.4 Å². The number of carboxylic acids is 2. The van der Waals surface area contributed by atoms with E-state index in [1.54, 1.807) is 91.0 Å². The van der Waals surface area contributed by atoms with Crippen molar-refractivity contribution in [2.75, 3.05) is 12.4 Å². The average molecular weight is 967 g/mol. The number of ether oxygens (including phenoxy) is 2. The van der Waals surface area contributed by atoms with Crippen molar-refractivity contribution < 1.29 is 69.8 Å². The molecule has 0 aliphatic carbocycles. The van der Waals surface area contributed by atoms with Crippen LogP contribution in [0.2, 0.25) is 0 Å². The van der Waals surface area contributed by atoms with Crippen molar-refractivity contribution in [1.29, 1.82) is 0 Å². The van der Waals surface area contributed by atoms with Crippen molar-refractivity contribution in [3.63, 3.8) is 0 Å². The number of hydrogen-bond acceptors (Lipinski definition) is 7. The van der Waals surface area contributed by atoms with Gasteiger partial charge in [0.1, 0.15) is 23.0 Å². The molecule has 0 fully saturated rings. The Bertz CT molecular complexity index is 3070. The lowest BCUT2D eigenvalue weighted by molar-refractivity contribution is -0.288. The lowest BCUT2D eigenvalue weighted by Crippen LogP contribution is -2.55. The standard InChI is InChI=1S/C51H37F6N2O9P/c1-30-13-19-34(20-14-30)67-36-23-26-43(44(29-36)69(66,37-9-5-3-6-10-37)38-11-7-4-8-12-38)68-35-21-17-33(18-22-35)59-46(61)42-28-32(16-25-40(42)48(64)65)49(50(52,53)54,51(55,56)57)31-15-24-39(47(62)63)41(27-31)45(60)58-2/h3-29H,1-2H3,(H,58,60)(H,59,61)(H,62,63)(H,64,65). The summed E-state index contributed by atoms with van der Waals surface area (Å²) in [5, 5.41) is 25.0. The number of amides is 2. The molecule has 352 valence electrons. The van der Waals surface area contributed by atoms with Crippen LogP contribution in [0.1, 0.15) is 58.1 Å². The molecule has 18 heteroatoms. The number of hydrogen-bond donors (Lipinski definition) is 4. The molecule has 11 nitrogen and oxygen atoms in total. The molecule has 2 amide bonds. The summed E-state index contributed by atoms with van der Waals surface area (Å²) in [4.78, 5) is 50.5. The zero-order valence-electron chi connectivity index (χ0n) is 36.1. The van der Waals surface area contributed by atoms with Crippen molar-refractivity contribution in [3.8, 4) is 23.0 Å². The molecule has 0 heterocycles. The predicted molar refractivity (Wildman–Crippen MR) is 245 cm³/mol. The molecule has 7 aromatic rings. The van der Waals surface area contributed by atoms with Crippen LogP contribution in [0.4, 0.5) is 32.0 Å². The normalized spacial score (nSPS) is 11.9. The maximum atomic E-state index is 15.6. The average Bonchev–Trinajstić information content (AvgIpc) is 3.32. The maximum Gasteiger partial charge on any atom is 0.411 e. The number of carboxylic acid groups (broad SMARTS) is 2. The van der Waals surface area contributed by atoms with Crippen LogP contribution >= 0.6 is 7.14 Å². The van der Waals surface area contributed by atoms with Crippen molar-refractivity contribution in [1.82, 2.24) is 5.32 Å². The Hall–Kier alpha value is -8.17. The molecule has 0 bridgehead atoms. The van der Waals surface area contributed by atoms with Gasteiger partial charge in [-0.3, -0.25) is 9.59 Å². The highest BCUT2D eigenvalue weighted by Crippen LogP contribution is 2.57. The minimum Gasteiger partial charge on any atom is -0.478 e. The number of nitrogens with one attached hydrogen (secondary N) is 2. The lowest BCUT2D eigenvalue weighted by atomic mass is 9.71. The molecule has 4 N–H and O–H groups in total. The number of rotatable bonds is 14. The first kappa shape index (κ1) is 48.8. The Labute approximate surface area is 389 Å². The highest BCUT2D eigenvalue weighted by molar-refractivity contribution is 7.85. The van der Waals surface area contributed by atoms with Gasteiger partial charge in [-0.1, -0.05) is 90.5 Å². The molecule has 7 rings (SSSR count). The minimum atomic E-state index is -6.28. The second-order valence-corrected chi connectivity index (χ2v) is 18.1. The molecule has 0 aliphatic heterocycles. The molecule has 0 spiro atoms. The fourth-order valence-corrected chi connectivity index (χ4v) is 10.5. The zero-order valence-corrected chi connectivity index (χ0v) is 37.0. The van der Waals surface area contributed by atoms with Crippen LogP contribution in [0.15, 0.2) is 164 Å². The van der Waals surface area contributed by atoms with E-state index >= 15 is 30.9 Å². The van der Waals surface area contributed by atoms with E-state index in [2.05, 4.69) is 5.32 Å². The van der Waals surface area contributed by atoms with Gasteiger partial charge in [0.15, 0.2) is 7.14 Å². The monoisotopic (exact) mass is 966 g/mol. The third-order valence-electron chi connectivity index (χ3n) is 11.0. The topological polar surface area (TPSA) is 168 Å². The van der Waals surface area contributed by atoms with Gasteiger partial charge in [-0.25, -0.2) is 9.59 Å². The van der Waals surface area contributed by atoms with Gasteiger partial charge < -0.3 is 34.9 Å². The Balaban J connectivity index is 1.26. The summed E-state index contributed by atoms with van der Waals surface area (Å²) >= 11 is 0. The third kappa shape index (κ3) is 9.54. The van der Waals surface area contributed by atoms with E-state index in [-0.39, 0.29) is 46.8 Å². The zero-order chi connectivity index (χ0) is 49.9. The van der Waals surface area contributed by atoms with Gasteiger partial charge >= 0.3 is 24.3 Å². The van der Waals surface area contributed by atoms with E-state index in [1.807, 2.05) is 24.4 Å². The summed E-state index contributed by atoms with van der Waals surface area (Å²) in [6.07, 6.45) is -12.6. The number of aromatic carboxylic acids is 2. The van der Waals surface area contributed by atoms with E-state index < -0.39 is 82.0 Å². The summed E-state index contributed by atoms with van der Waals surface area (Å²) in [5.41, 5.74) is -11.5. The summed E-state index contributed by atoms with van der Waals surface area (Å²) in [6, 6.07) is 36.3. The van der Waals surface area contributed by atoms with Crippen molar-refractivity contribution in [2.45, 2.75) is 24.7 Å². The molecule has 0 unspecified atom stereocenters. The van der Waals surface area contributed by atoms with Crippen molar-refractivity contribution in [3.05, 3.63) is 203 Å². The highest BCUT2D eigenvalue weighted by Gasteiger charge is 2.72. The van der Waals surface area contributed by atoms with Gasteiger partial charge in [0.2, 0.25) is 5.41 Å². The number of carbonyl (C=O) groups is 4. The fraction of sp³-hybridized carbons (Fsp3) is 0.0980. The molecule has 0 radical (unpaired) electrons. The first-order valence-electron chi connectivity index (χ1n) is 20.5. The molecular weight excluding hydrogens is 930 g/mol. The molecule has 0 aliphatic rings. The smallest absolute Gasteiger partial charge is 0.411 e. The van der Waals surface area contributed by atoms with E-state index in [1.165, 1.54) is 24.3 Å². The Kier molecular flexibility index (Phi) is 13.6. The van der Waals surface area contributed by atoms with Gasteiger partial charge in [0.25, 0.3) is 11.8 Å². The molecule has 0 saturated carbocycles. The number of benzene rings is 7. The van der Waals surface area contributed by atoms with Crippen LogP contribution in [-0.2, 0) is 9.98 Å². The third-order valence-corrected chi connectivity index (χ3v) is 14.1. The summed E-state index contributed by atoms with van der Waals surface area (Å²) in [6.45, 7) is 1.92. The largest absolute Gasteiger partial charge is 0.478 e. The second kappa shape index (κ2) is 19.2. The minimum absolute atomic E-state index is 0.104. The van der Waals surface area contributed by atoms with Crippen molar-refractivity contribution >= 4 is 52.5 Å². The molecule has 0 aromatic heterocycles. The number of carbonyl (C=O) groups excluding carboxylic acids is 2. The first-order valence-corrected chi connectivity index (χ1v) is 22.2. The predicted octanol–water partition coefficient (Wildman–Crippen LogP) is 10.6. The molecule has 69 heavy (non-hydrogen) atoms. The Morgan fingerprint density at radius 3 is 1.43 bits per heavy atom. The quantitative estimate of drug-likeness (QED) is 0.0612. The summed E-state index contributed by atoms with van der Waals surface area (Å²) in [7, 11) is -2.75. The van der Waals surface area contributed by atoms with Gasteiger partial charge in [0, 0.05) is 23.3 Å². The van der Waals surface area contributed by atoms with Gasteiger partial charge in [-0.2, -0.15) is 26.3 Å². The maximum absolute atomic E-state index is 15.6. The highest BCUT2D eigenvalue weighted by atomic mass is 31.2. The van der Waals surface area contributed by atoms with Gasteiger partial charge in [-0.15, -0.1) is 0 Å². The number of anilines is 1. The molecule has 0 atom stereocenters. The van der Waals surface area contributed by atoms with Crippen LogP contribution in [0.3, 0.4) is 0 Å². The first-order chi connectivity index (χ1) is 32.7. The fourth-order valence-electron chi connectivity index (χ4n) is 7.69. The Morgan fingerprint density at radius 2 is 0.971 bits per heavy atom. The number of halogens is 6. The molecular formula is C51H37F6N2O9P. The van der Waals surface area contributed by atoms with Gasteiger partial charge in [-0.05, 0) is 96.9 Å². The van der Waals surface area contributed by atoms with E-state index in [9.17, 15) is 29.4 Å². The molecule has 7 aromatic carbocycles. The molecule has 0 saturated heterocycles. The van der Waals surface area contributed by atoms with Crippen LogP contribution in [0, 0.1) is 6.92 Å². The SMILES string of the molecule is CNC(=O)c1cc(C(c2ccc(C(=O)O)c(C(=O)Nc3ccc(Oc4ccc(Oc5ccc(C)cc5)cc4P(=O)(c4ccccc4)c4ccccc4)cc3)c2)(C(F)(F)F)C(F)(F)F)ccc1C(=O)O. The number of aryl methyl sites for hydroxylation is 1.